The summed E-state index contributed by atoms with van der Waals surface area (Å²) in [5.74, 6) is 0.618. The topological polar surface area (TPSA) is 51.2 Å². The van der Waals surface area contributed by atoms with Crippen LogP contribution in [0.5, 0.6) is 0 Å². The fraction of sp³-hybridized carbons (Fsp3) is 0.0500. The van der Waals surface area contributed by atoms with Gasteiger partial charge in [-0.3, -0.25) is 4.79 Å². The van der Waals surface area contributed by atoms with Gasteiger partial charge in [-0.25, -0.2) is 8.42 Å². The van der Waals surface area contributed by atoms with Crippen LogP contribution in [0.15, 0.2) is 82.6 Å². The van der Waals surface area contributed by atoms with Gasteiger partial charge >= 0.3 is 0 Å². The summed E-state index contributed by atoms with van der Waals surface area (Å²) < 4.78 is 24.5. The van der Waals surface area contributed by atoms with Crippen LogP contribution in [0, 0.1) is 0 Å². The number of benzene rings is 3. The first kappa shape index (κ1) is 20.0. The van der Waals surface area contributed by atoms with Gasteiger partial charge < -0.3 is 0 Å². The predicted octanol–water partition coefficient (Wildman–Crippen LogP) is 5.64. The van der Waals surface area contributed by atoms with Crippen molar-refractivity contribution >= 4 is 49.2 Å². The highest BCUT2D eigenvalue weighted by atomic mass is 35.7. The molecular formula is C20H15ClO3S3. The van der Waals surface area contributed by atoms with Gasteiger partial charge in [-0.1, -0.05) is 60.7 Å². The van der Waals surface area contributed by atoms with E-state index in [9.17, 15) is 13.2 Å². The first-order valence-corrected chi connectivity index (χ1v) is 11.7. The maximum Gasteiger partial charge on any atom is 0.261 e. The van der Waals surface area contributed by atoms with E-state index in [1.807, 2.05) is 60.7 Å². The minimum atomic E-state index is -4.07. The van der Waals surface area contributed by atoms with Gasteiger partial charge in [0.05, 0.1) is 4.90 Å². The maximum atomic E-state index is 12.2. The third-order valence-corrected chi connectivity index (χ3v) is 6.59. The molecule has 0 atom stereocenters. The first-order chi connectivity index (χ1) is 12.9. The van der Waals surface area contributed by atoms with Gasteiger partial charge in [0.2, 0.25) is 5.12 Å². The van der Waals surface area contributed by atoms with Crippen molar-refractivity contribution < 1.29 is 13.2 Å². The zero-order valence-electron chi connectivity index (χ0n) is 14.0. The molecule has 3 rings (SSSR count). The molecule has 0 N–H and O–H groups in total. The summed E-state index contributed by atoms with van der Waals surface area (Å²) in [5.41, 5.74) is 2.47. The molecule has 0 aliphatic heterocycles. The second-order valence-electron chi connectivity index (χ2n) is 5.73. The Hall–Kier alpha value is -1.73. The third-order valence-electron chi connectivity index (χ3n) is 3.88. The lowest BCUT2D eigenvalue weighted by Gasteiger charge is -2.15. The summed E-state index contributed by atoms with van der Waals surface area (Å²) in [5, 5.41) is -0.516. The van der Waals surface area contributed by atoms with E-state index in [1.54, 1.807) is 6.07 Å². The molecule has 0 amide bonds. The molecule has 0 saturated heterocycles. The van der Waals surface area contributed by atoms with E-state index in [0.29, 0.717) is 21.8 Å². The van der Waals surface area contributed by atoms with Crippen molar-refractivity contribution in [2.45, 2.75) is 15.5 Å². The number of thiol groups is 1. The molecular weight excluding hydrogens is 420 g/mol. The smallest absolute Gasteiger partial charge is 0.261 e. The molecule has 0 radical (unpaired) electrons. The largest absolute Gasteiger partial charge is 0.282 e. The van der Waals surface area contributed by atoms with Crippen molar-refractivity contribution in [3.8, 4) is 11.1 Å². The van der Waals surface area contributed by atoms with Crippen LogP contribution in [0.1, 0.15) is 15.9 Å². The van der Waals surface area contributed by atoms with E-state index < -0.39 is 14.2 Å². The van der Waals surface area contributed by atoms with Crippen molar-refractivity contribution in [2.24, 2.45) is 0 Å². The SMILES string of the molecule is O=C(S)c1cc(SCc2ccccc2)c(-c2ccccc2)c(S(=O)(=O)Cl)c1. The van der Waals surface area contributed by atoms with Crippen LogP contribution >= 0.6 is 35.1 Å². The van der Waals surface area contributed by atoms with Crippen LogP contribution in [0.3, 0.4) is 0 Å². The summed E-state index contributed by atoms with van der Waals surface area (Å²) in [4.78, 5) is 12.4. The standard InChI is InChI=1S/C20H15ClO3S3/c21-27(23,24)18-12-16(20(22)25)11-17(19(18)15-9-5-2-6-10-15)26-13-14-7-3-1-4-8-14/h1-12H,13H2,(H,22,25). The van der Waals surface area contributed by atoms with E-state index in [0.717, 1.165) is 5.56 Å². The van der Waals surface area contributed by atoms with Gasteiger partial charge in [0.1, 0.15) is 0 Å². The van der Waals surface area contributed by atoms with E-state index in [-0.39, 0.29) is 10.5 Å². The Morgan fingerprint density at radius 2 is 1.56 bits per heavy atom. The van der Waals surface area contributed by atoms with Gasteiger partial charge in [-0.2, -0.15) is 0 Å². The van der Waals surface area contributed by atoms with E-state index in [2.05, 4.69) is 12.6 Å². The number of carbonyl (C=O) groups is 1. The van der Waals surface area contributed by atoms with Crippen LogP contribution in [0.25, 0.3) is 11.1 Å². The molecule has 0 unspecified atom stereocenters. The molecule has 27 heavy (non-hydrogen) atoms. The highest BCUT2D eigenvalue weighted by Gasteiger charge is 2.23. The minimum Gasteiger partial charge on any atom is -0.282 e. The maximum absolute atomic E-state index is 12.2. The first-order valence-electron chi connectivity index (χ1n) is 7.94. The fourth-order valence-electron chi connectivity index (χ4n) is 2.64. The van der Waals surface area contributed by atoms with Crippen molar-refractivity contribution in [2.75, 3.05) is 0 Å². The average molecular weight is 435 g/mol. The van der Waals surface area contributed by atoms with E-state index in [1.165, 1.54) is 17.8 Å². The van der Waals surface area contributed by atoms with Crippen LogP contribution in [-0.4, -0.2) is 13.5 Å². The van der Waals surface area contributed by atoms with Crippen molar-refractivity contribution in [3.63, 3.8) is 0 Å². The Kier molecular flexibility index (Phi) is 6.32. The minimum absolute atomic E-state index is 0.0918. The molecule has 0 saturated carbocycles. The summed E-state index contributed by atoms with van der Waals surface area (Å²) >= 11 is 5.30. The van der Waals surface area contributed by atoms with Gasteiger partial charge in [-0.15, -0.1) is 24.4 Å². The molecule has 0 aromatic heterocycles. The highest BCUT2D eigenvalue weighted by molar-refractivity contribution is 8.14. The fourth-order valence-corrected chi connectivity index (χ4v) is 5.04. The quantitative estimate of drug-likeness (QED) is 0.309. The Labute approximate surface area is 172 Å². The van der Waals surface area contributed by atoms with Crippen molar-refractivity contribution in [1.29, 1.82) is 0 Å². The van der Waals surface area contributed by atoms with Crippen molar-refractivity contribution in [1.82, 2.24) is 0 Å². The highest BCUT2D eigenvalue weighted by Crippen LogP contribution is 2.40. The number of rotatable bonds is 6. The van der Waals surface area contributed by atoms with Crippen LogP contribution in [0.2, 0.25) is 0 Å². The third kappa shape index (κ3) is 4.96. The number of carbonyl (C=O) groups excluding carboxylic acids is 1. The summed E-state index contributed by atoms with van der Waals surface area (Å²) in [7, 11) is 1.64. The Bertz CT molecular complexity index is 1070. The number of hydrogen-bond acceptors (Lipinski definition) is 4. The Morgan fingerprint density at radius 3 is 2.11 bits per heavy atom. The van der Waals surface area contributed by atoms with Gasteiger partial charge in [0.25, 0.3) is 9.05 Å². The molecule has 0 fully saturated rings. The average Bonchev–Trinajstić information content (AvgIpc) is 2.66. The lowest BCUT2D eigenvalue weighted by Crippen LogP contribution is -2.01. The summed E-state index contributed by atoms with van der Waals surface area (Å²) in [6.45, 7) is 0. The molecule has 0 spiro atoms. The molecule has 0 heterocycles. The molecule has 7 heteroatoms. The number of hydrogen-bond donors (Lipinski definition) is 1. The van der Waals surface area contributed by atoms with Crippen LogP contribution in [0.4, 0.5) is 0 Å². The predicted molar refractivity (Wildman–Crippen MR) is 114 cm³/mol. The lowest BCUT2D eigenvalue weighted by atomic mass is 10.0. The molecule has 3 aromatic carbocycles. The van der Waals surface area contributed by atoms with Gasteiger partial charge in [-0.05, 0) is 23.3 Å². The normalized spacial score (nSPS) is 11.3. The molecule has 3 aromatic rings. The van der Waals surface area contributed by atoms with Crippen molar-refractivity contribution in [3.05, 3.63) is 83.9 Å². The Balaban J connectivity index is 2.19. The molecule has 3 nitrogen and oxygen atoms in total. The zero-order chi connectivity index (χ0) is 19.4. The zero-order valence-corrected chi connectivity index (χ0v) is 17.3. The molecule has 0 aliphatic carbocycles. The molecule has 138 valence electrons. The number of thioether (sulfide) groups is 1. The summed E-state index contributed by atoms with van der Waals surface area (Å²) in [6, 6.07) is 21.9. The lowest BCUT2D eigenvalue weighted by molar-refractivity contribution is 0.109. The van der Waals surface area contributed by atoms with Gasteiger partial charge in [0, 0.05) is 32.5 Å². The molecule has 0 bridgehead atoms. The van der Waals surface area contributed by atoms with Crippen LogP contribution < -0.4 is 0 Å². The second kappa shape index (κ2) is 8.52. The molecule has 0 aliphatic rings. The second-order valence-corrected chi connectivity index (χ2v) is 9.69. The number of halogens is 1. The van der Waals surface area contributed by atoms with Crippen LogP contribution in [-0.2, 0) is 14.8 Å². The summed E-state index contributed by atoms with van der Waals surface area (Å²) in [6.07, 6.45) is 0. The van der Waals surface area contributed by atoms with E-state index >= 15 is 0 Å². The monoisotopic (exact) mass is 434 g/mol. The van der Waals surface area contributed by atoms with E-state index in [4.69, 9.17) is 10.7 Å². The Morgan fingerprint density at radius 1 is 0.963 bits per heavy atom. The van der Waals surface area contributed by atoms with Gasteiger partial charge in [0.15, 0.2) is 0 Å².